The zero-order chi connectivity index (χ0) is 7.98. The molecule has 56 valence electrons. The molecule has 0 amide bonds. The average Bonchev–Trinajstić information content (AvgIpc) is 1.88. The van der Waals surface area contributed by atoms with Crippen LogP contribution in [-0.4, -0.2) is 12.8 Å². The van der Waals surface area contributed by atoms with E-state index in [4.69, 9.17) is 10.1 Å². The minimum absolute atomic E-state index is 0.283. The van der Waals surface area contributed by atoms with Crippen molar-refractivity contribution < 1.29 is 4.74 Å². The van der Waals surface area contributed by atoms with Gasteiger partial charge in [-0.2, -0.15) is 0 Å². The lowest BCUT2D eigenvalue weighted by Gasteiger charge is -2.07. The Morgan fingerprint density at radius 2 is 2.30 bits per heavy atom. The molecule has 0 atom stereocenters. The third-order valence-corrected chi connectivity index (χ3v) is 0.789. The molecule has 3 nitrogen and oxygen atoms in total. The molecule has 0 saturated heterocycles. The molecule has 0 rings (SSSR count). The number of nitrogens with one attached hydrogen (secondary N) is 2. The molecule has 0 fully saturated rings. The Morgan fingerprint density at radius 3 is 2.70 bits per heavy atom. The summed E-state index contributed by atoms with van der Waals surface area (Å²) in [5.74, 6) is 0.710. The van der Waals surface area contributed by atoms with Crippen molar-refractivity contribution in [2.45, 2.75) is 6.92 Å². The molecule has 0 spiro atoms. The minimum atomic E-state index is 0.283. The summed E-state index contributed by atoms with van der Waals surface area (Å²) in [4.78, 5) is 0. The molecule has 0 unspecified atom stereocenters. The van der Waals surface area contributed by atoms with Crippen molar-refractivity contribution in [3.8, 4) is 0 Å². The SMILES string of the molecule is C=C(C=N)OC(=C)NCC. The summed E-state index contributed by atoms with van der Waals surface area (Å²) in [5.41, 5.74) is 0. The predicted molar refractivity (Wildman–Crippen MR) is 41.8 cm³/mol. The highest BCUT2D eigenvalue weighted by atomic mass is 16.5. The van der Waals surface area contributed by atoms with Crippen molar-refractivity contribution in [2.75, 3.05) is 6.54 Å². The third-order valence-electron chi connectivity index (χ3n) is 0.789. The zero-order valence-corrected chi connectivity index (χ0v) is 6.11. The molecule has 0 aromatic heterocycles. The molecular formula is C7H12N2O. The van der Waals surface area contributed by atoms with E-state index in [9.17, 15) is 0 Å². The van der Waals surface area contributed by atoms with E-state index in [-0.39, 0.29) is 5.76 Å². The van der Waals surface area contributed by atoms with Crippen molar-refractivity contribution in [3.63, 3.8) is 0 Å². The van der Waals surface area contributed by atoms with E-state index < -0.39 is 0 Å². The van der Waals surface area contributed by atoms with E-state index in [2.05, 4.69) is 18.5 Å². The maximum absolute atomic E-state index is 6.72. The maximum Gasteiger partial charge on any atom is 0.186 e. The molecule has 0 aliphatic carbocycles. The lowest BCUT2D eigenvalue weighted by Crippen LogP contribution is -2.13. The molecule has 0 heterocycles. The second-order valence-electron chi connectivity index (χ2n) is 1.67. The highest BCUT2D eigenvalue weighted by Gasteiger charge is 1.91. The van der Waals surface area contributed by atoms with Gasteiger partial charge < -0.3 is 15.5 Å². The molecule has 0 bridgehead atoms. The standard InChI is InChI=1S/C7H12N2O/c1-4-9-7(3)10-6(2)5-8/h5,8-9H,2-4H2,1H3. The van der Waals surface area contributed by atoms with E-state index in [0.717, 1.165) is 12.8 Å². The first-order chi connectivity index (χ1) is 4.70. The second kappa shape index (κ2) is 4.61. The number of allylic oxidation sites excluding steroid dienone is 1. The summed E-state index contributed by atoms with van der Waals surface area (Å²) in [6.07, 6.45) is 1.03. The molecule has 0 aromatic rings. The van der Waals surface area contributed by atoms with Gasteiger partial charge in [-0.1, -0.05) is 6.58 Å². The first-order valence-electron chi connectivity index (χ1n) is 3.00. The van der Waals surface area contributed by atoms with Gasteiger partial charge in [-0.3, -0.25) is 0 Å². The van der Waals surface area contributed by atoms with Crippen molar-refractivity contribution in [1.82, 2.24) is 5.32 Å². The van der Waals surface area contributed by atoms with Crippen molar-refractivity contribution in [2.24, 2.45) is 0 Å². The van der Waals surface area contributed by atoms with Crippen LogP contribution in [0.3, 0.4) is 0 Å². The molecule has 2 N–H and O–H groups in total. The van der Waals surface area contributed by atoms with E-state index in [1.165, 1.54) is 0 Å². The van der Waals surface area contributed by atoms with Crippen LogP contribution >= 0.6 is 0 Å². The van der Waals surface area contributed by atoms with Gasteiger partial charge in [0.05, 0.1) is 6.21 Å². The van der Waals surface area contributed by atoms with Crippen molar-refractivity contribution in [3.05, 3.63) is 24.8 Å². The van der Waals surface area contributed by atoms with Crippen LogP contribution in [0.5, 0.6) is 0 Å². The Balaban J connectivity index is 3.57. The van der Waals surface area contributed by atoms with Gasteiger partial charge in [0.25, 0.3) is 0 Å². The molecule has 0 aliphatic rings. The lowest BCUT2D eigenvalue weighted by atomic mass is 10.6. The summed E-state index contributed by atoms with van der Waals surface area (Å²) in [7, 11) is 0. The van der Waals surface area contributed by atoms with E-state index >= 15 is 0 Å². The fourth-order valence-corrected chi connectivity index (χ4v) is 0.421. The van der Waals surface area contributed by atoms with Gasteiger partial charge in [-0.25, -0.2) is 0 Å². The van der Waals surface area contributed by atoms with Crippen LogP contribution in [0.25, 0.3) is 0 Å². The van der Waals surface area contributed by atoms with E-state index in [0.29, 0.717) is 5.88 Å². The topological polar surface area (TPSA) is 45.1 Å². The van der Waals surface area contributed by atoms with Crippen LogP contribution in [-0.2, 0) is 4.74 Å². The molecule has 10 heavy (non-hydrogen) atoms. The van der Waals surface area contributed by atoms with Crippen LogP contribution in [0.2, 0.25) is 0 Å². The van der Waals surface area contributed by atoms with Gasteiger partial charge in [-0.05, 0) is 13.5 Å². The Labute approximate surface area is 60.9 Å². The summed E-state index contributed by atoms with van der Waals surface area (Å²) in [5, 5.41) is 9.55. The Hall–Kier alpha value is -1.25. The zero-order valence-electron chi connectivity index (χ0n) is 6.11. The molecular weight excluding hydrogens is 128 g/mol. The largest absolute Gasteiger partial charge is 0.441 e. The van der Waals surface area contributed by atoms with Gasteiger partial charge in [-0.15, -0.1) is 0 Å². The van der Waals surface area contributed by atoms with Crippen LogP contribution in [0.15, 0.2) is 24.8 Å². The quantitative estimate of drug-likeness (QED) is 0.446. The Morgan fingerprint density at radius 1 is 1.70 bits per heavy atom. The first kappa shape index (κ1) is 8.75. The van der Waals surface area contributed by atoms with Gasteiger partial charge in [0, 0.05) is 6.54 Å². The minimum Gasteiger partial charge on any atom is -0.441 e. The second-order valence-corrected chi connectivity index (χ2v) is 1.67. The molecule has 0 saturated carbocycles. The first-order valence-corrected chi connectivity index (χ1v) is 3.00. The number of hydrogen-bond acceptors (Lipinski definition) is 3. The Bertz CT molecular complexity index is 152. The smallest absolute Gasteiger partial charge is 0.186 e. The van der Waals surface area contributed by atoms with Crippen LogP contribution in [0.4, 0.5) is 0 Å². The van der Waals surface area contributed by atoms with E-state index in [1.54, 1.807) is 0 Å². The summed E-state index contributed by atoms with van der Waals surface area (Å²) in [6.45, 7) is 9.65. The molecule has 0 radical (unpaired) electrons. The number of rotatable bonds is 5. The maximum atomic E-state index is 6.72. The van der Waals surface area contributed by atoms with Crippen molar-refractivity contribution in [1.29, 1.82) is 5.41 Å². The van der Waals surface area contributed by atoms with E-state index in [1.807, 2.05) is 6.92 Å². The molecule has 0 aromatic carbocycles. The predicted octanol–water partition coefficient (Wildman–Crippen LogP) is 1.25. The Kier molecular flexibility index (Phi) is 4.04. The van der Waals surface area contributed by atoms with Gasteiger partial charge in [0.1, 0.15) is 5.76 Å². The average molecular weight is 140 g/mol. The van der Waals surface area contributed by atoms with Gasteiger partial charge in [0.2, 0.25) is 0 Å². The third kappa shape index (κ3) is 3.72. The normalized spacial score (nSPS) is 8.10. The van der Waals surface area contributed by atoms with Crippen LogP contribution in [0, 0.1) is 5.41 Å². The summed E-state index contributed by atoms with van der Waals surface area (Å²) < 4.78 is 4.90. The fourth-order valence-electron chi connectivity index (χ4n) is 0.421. The van der Waals surface area contributed by atoms with Gasteiger partial charge >= 0.3 is 0 Å². The highest BCUT2D eigenvalue weighted by molar-refractivity contribution is 5.71. The lowest BCUT2D eigenvalue weighted by molar-refractivity contribution is 0.302. The number of ether oxygens (including phenoxy) is 1. The summed E-state index contributed by atoms with van der Waals surface area (Å²) >= 11 is 0. The van der Waals surface area contributed by atoms with Crippen molar-refractivity contribution >= 4 is 6.21 Å². The number of hydrogen-bond donors (Lipinski definition) is 2. The fraction of sp³-hybridized carbons (Fsp3) is 0.286. The van der Waals surface area contributed by atoms with Crippen LogP contribution < -0.4 is 5.32 Å². The molecule has 0 aliphatic heterocycles. The van der Waals surface area contributed by atoms with Gasteiger partial charge in [0.15, 0.2) is 5.88 Å². The molecule has 3 heteroatoms. The highest BCUT2D eigenvalue weighted by Crippen LogP contribution is 1.94. The summed E-state index contributed by atoms with van der Waals surface area (Å²) in [6, 6.07) is 0. The monoisotopic (exact) mass is 140 g/mol. The van der Waals surface area contributed by atoms with Crippen LogP contribution in [0.1, 0.15) is 6.92 Å².